The molecule has 0 saturated heterocycles. The van der Waals surface area contributed by atoms with E-state index in [0.29, 0.717) is 5.65 Å². The van der Waals surface area contributed by atoms with Gasteiger partial charge in [-0.15, -0.1) is 12.4 Å². The van der Waals surface area contributed by atoms with Crippen LogP contribution in [0.1, 0.15) is 0 Å². The van der Waals surface area contributed by atoms with Crippen LogP contribution >= 0.6 is 12.4 Å². The fourth-order valence-corrected chi connectivity index (χ4v) is 0.724. The van der Waals surface area contributed by atoms with Gasteiger partial charge in [0, 0.05) is 12.4 Å². The average molecular weight is 169 g/mol. The number of fused-ring (bicyclic) bond motifs is 1. The lowest BCUT2D eigenvalue weighted by molar-refractivity contribution is 1.15. The van der Waals surface area contributed by atoms with Crippen LogP contribution in [0.4, 0.5) is 0 Å². The van der Waals surface area contributed by atoms with Gasteiger partial charge in [0.15, 0.2) is 5.65 Å². The number of halogens is 1. The lowest BCUT2D eigenvalue weighted by atomic mass is 10.5. The van der Waals surface area contributed by atoms with Gasteiger partial charge in [-0.1, -0.05) is 0 Å². The highest BCUT2D eigenvalue weighted by Crippen LogP contribution is 1.98. The fourth-order valence-electron chi connectivity index (χ4n) is 0.724. The minimum absolute atomic E-state index is 0. The number of hydrogen-bond acceptors (Lipinski definition) is 4. The monoisotopic (exact) mass is 168 g/mol. The Labute approximate surface area is 69.1 Å². The van der Waals surface area contributed by atoms with Crippen molar-refractivity contribution in [1.29, 1.82) is 0 Å². The van der Waals surface area contributed by atoms with Crippen molar-refractivity contribution in [2.75, 3.05) is 0 Å². The molecule has 0 fully saturated rings. The van der Waals surface area contributed by atoms with Gasteiger partial charge in [-0.3, -0.25) is 0 Å². The number of aromatic nitrogens is 4. The Hall–Kier alpha value is -1.29. The van der Waals surface area contributed by atoms with Crippen molar-refractivity contribution in [3.8, 4) is 0 Å². The molecule has 0 aliphatic heterocycles. The molecule has 2 heterocycles. The molecule has 0 spiro atoms. The molecular weight excluding hydrogens is 164 g/mol. The molecule has 0 atom stereocenters. The Balaban J connectivity index is 0.000000605. The minimum Gasteiger partial charge on any atom is -0.250 e. The Kier molecular flexibility index (Phi) is 2.28. The lowest BCUT2D eigenvalue weighted by Gasteiger charge is -1.89. The molecule has 56 valence electrons. The largest absolute Gasteiger partial charge is 0.250 e. The van der Waals surface area contributed by atoms with Crippen LogP contribution in [0.25, 0.3) is 11.2 Å². The van der Waals surface area contributed by atoms with E-state index in [-0.39, 0.29) is 12.4 Å². The van der Waals surface area contributed by atoms with Gasteiger partial charge in [0.1, 0.15) is 11.8 Å². The summed E-state index contributed by atoms with van der Waals surface area (Å²) < 4.78 is 0. The summed E-state index contributed by atoms with van der Waals surface area (Å²) in [6.07, 6.45) is 6.31. The second kappa shape index (κ2) is 3.21. The highest BCUT2D eigenvalue weighted by molar-refractivity contribution is 5.85. The quantitative estimate of drug-likeness (QED) is 0.585. The van der Waals surface area contributed by atoms with Crippen molar-refractivity contribution in [3.63, 3.8) is 0 Å². The van der Waals surface area contributed by atoms with E-state index in [9.17, 15) is 0 Å². The van der Waals surface area contributed by atoms with Gasteiger partial charge in [0.2, 0.25) is 0 Å². The summed E-state index contributed by atoms with van der Waals surface area (Å²) in [5.74, 6) is 0. The normalized spacial score (nSPS) is 9.09. The molecule has 0 unspecified atom stereocenters. The Morgan fingerprint density at radius 2 is 1.82 bits per heavy atom. The van der Waals surface area contributed by atoms with Gasteiger partial charge in [-0.05, 0) is 0 Å². The molecule has 11 heavy (non-hydrogen) atoms. The third-order valence-electron chi connectivity index (χ3n) is 1.15. The van der Waals surface area contributed by atoms with E-state index in [1.807, 2.05) is 0 Å². The van der Waals surface area contributed by atoms with E-state index in [1.165, 1.54) is 6.33 Å². The molecule has 0 amide bonds. The number of hydrogen-bond donors (Lipinski definition) is 0. The highest BCUT2D eigenvalue weighted by atomic mass is 35.5. The molecule has 0 aliphatic rings. The molecule has 0 saturated carbocycles. The Morgan fingerprint density at radius 3 is 2.64 bits per heavy atom. The van der Waals surface area contributed by atoms with E-state index < -0.39 is 0 Å². The second-order valence-corrected chi connectivity index (χ2v) is 1.79. The van der Waals surface area contributed by atoms with Gasteiger partial charge < -0.3 is 0 Å². The van der Waals surface area contributed by atoms with Crippen LogP contribution in [0.3, 0.4) is 0 Å². The SMILES string of the molecule is Cl.c1cnc2ncncc2n1. The van der Waals surface area contributed by atoms with Crippen molar-refractivity contribution in [3.05, 3.63) is 24.9 Å². The summed E-state index contributed by atoms with van der Waals surface area (Å²) in [5.41, 5.74) is 1.36. The van der Waals surface area contributed by atoms with Crippen molar-refractivity contribution in [1.82, 2.24) is 19.9 Å². The van der Waals surface area contributed by atoms with Crippen LogP contribution in [0.5, 0.6) is 0 Å². The maximum absolute atomic E-state index is 3.99. The van der Waals surface area contributed by atoms with E-state index >= 15 is 0 Å². The molecule has 5 heteroatoms. The minimum atomic E-state index is 0. The zero-order valence-electron chi connectivity index (χ0n) is 5.51. The van der Waals surface area contributed by atoms with Gasteiger partial charge in [-0.2, -0.15) is 0 Å². The smallest absolute Gasteiger partial charge is 0.181 e. The average Bonchev–Trinajstić information content (AvgIpc) is 2.05. The summed E-state index contributed by atoms with van der Waals surface area (Å²) in [7, 11) is 0. The number of nitrogens with zero attached hydrogens (tertiary/aromatic N) is 4. The molecule has 4 nitrogen and oxygen atoms in total. The fraction of sp³-hybridized carbons (Fsp3) is 0. The Bertz CT molecular complexity index is 286. The van der Waals surface area contributed by atoms with Crippen LogP contribution in [0.15, 0.2) is 24.9 Å². The first-order valence-corrected chi connectivity index (χ1v) is 2.83. The summed E-state index contributed by atoms with van der Waals surface area (Å²) in [5, 5.41) is 0. The molecule has 0 N–H and O–H groups in total. The first-order valence-electron chi connectivity index (χ1n) is 2.83. The zero-order valence-corrected chi connectivity index (χ0v) is 6.32. The predicted octanol–water partition coefficient (Wildman–Crippen LogP) is 0.842. The predicted molar refractivity (Wildman–Crippen MR) is 42.4 cm³/mol. The van der Waals surface area contributed by atoms with Crippen molar-refractivity contribution in [2.45, 2.75) is 0 Å². The van der Waals surface area contributed by atoms with E-state index in [2.05, 4.69) is 19.9 Å². The van der Waals surface area contributed by atoms with Crippen LogP contribution < -0.4 is 0 Å². The first-order chi connectivity index (χ1) is 4.97. The second-order valence-electron chi connectivity index (χ2n) is 1.79. The highest BCUT2D eigenvalue weighted by Gasteiger charge is 1.90. The van der Waals surface area contributed by atoms with E-state index in [4.69, 9.17) is 0 Å². The van der Waals surface area contributed by atoms with Crippen LogP contribution in [-0.4, -0.2) is 19.9 Å². The van der Waals surface area contributed by atoms with Crippen molar-refractivity contribution < 1.29 is 0 Å². The molecule has 0 bridgehead atoms. The van der Waals surface area contributed by atoms with Gasteiger partial charge >= 0.3 is 0 Å². The lowest BCUT2D eigenvalue weighted by Crippen LogP contribution is -1.85. The molecule has 0 aliphatic carbocycles. The number of rotatable bonds is 0. The third-order valence-corrected chi connectivity index (χ3v) is 1.15. The topological polar surface area (TPSA) is 51.6 Å². The van der Waals surface area contributed by atoms with Gasteiger partial charge in [0.05, 0.1) is 6.20 Å². The molecule has 0 radical (unpaired) electrons. The maximum Gasteiger partial charge on any atom is 0.181 e. The van der Waals surface area contributed by atoms with Crippen LogP contribution in [0.2, 0.25) is 0 Å². The van der Waals surface area contributed by atoms with Crippen molar-refractivity contribution >= 4 is 23.6 Å². The summed E-state index contributed by atoms with van der Waals surface area (Å²) in [6.45, 7) is 0. The first kappa shape index (κ1) is 7.81. The molecule has 0 aromatic carbocycles. The molecular formula is C6H5ClN4. The summed E-state index contributed by atoms with van der Waals surface area (Å²) in [4.78, 5) is 15.7. The molecule has 2 aromatic heterocycles. The zero-order chi connectivity index (χ0) is 6.81. The Morgan fingerprint density at radius 1 is 1.00 bits per heavy atom. The third kappa shape index (κ3) is 1.40. The van der Waals surface area contributed by atoms with E-state index in [0.717, 1.165) is 5.52 Å². The van der Waals surface area contributed by atoms with Crippen LogP contribution in [-0.2, 0) is 0 Å². The maximum atomic E-state index is 3.99. The summed E-state index contributed by atoms with van der Waals surface area (Å²) in [6, 6.07) is 0. The van der Waals surface area contributed by atoms with E-state index in [1.54, 1.807) is 18.6 Å². The molecule has 2 rings (SSSR count). The van der Waals surface area contributed by atoms with Crippen LogP contribution in [0, 0.1) is 0 Å². The van der Waals surface area contributed by atoms with Gasteiger partial charge in [-0.25, -0.2) is 19.9 Å². The summed E-state index contributed by atoms with van der Waals surface area (Å²) >= 11 is 0. The standard InChI is InChI=1S/C6H4N4.ClH/c1-2-9-6-5(8-1)3-7-4-10-6;/h1-4H;1H. The van der Waals surface area contributed by atoms with Gasteiger partial charge in [0.25, 0.3) is 0 Å². The molecule has 2 aromatic rings. The van der Waals surface area contributed by atoms with Crippen molar-refractivity contribution in [2.24, 2.45) is 0 Å².